The number of piperidine rings is 1. The fourth-order valence-corrected chi connectivity index (χ4v) is 4.09. The van der Waals surface area contributed by atoms with Gasteiger partial charge in [-0.3, -0.25) is 0 Å². The second-order valence-electron chi connectivity index (χ2n) is 9.18. The van der Waals surface area contributed by atoms with Crippen molar-refractivity contribution >= 4 is 6.03 Å². The highest BCUT2D eigenvalue weighted by molar-refractivity contribution is 5.73. The van der Waals surface area contributed by atoms with Crippen LogP contribution in [0.25, 0.3) is 0 Å². The van der Waals surface area contributed by atoms with E-state index in [1.165, 1.54) is 0 Å². The molecule has 0 aromatic carbocycles. The minimum absolute atomic E-state index is 0.104. The molecule has 0 atom stereocenters. The number of hydrogen-bond acceptors (Lipinski definition) is 3. The van der Waals surface area contributed by atoms with Gasteiger partial charge in [-0.25, -0.2) is 4.79 Å². The zero-order chi connectivity index (χ0) is 18.0. The Morgan fingerprint density at radius 3 is 2.17 bits per heavy atom. The Hall–Kier alpha value is -0.810. The van der Waals surface area contributed by atoms with Crippen LogP contribution in [0, 0.1) is 11.3 Å². The Morgan fingerprint density at radius 2 is 1.71 bits per heavy atom. The summed E-state index contributed by atoms with van der Waals surface area (Å²) in [6.45, 7) is 9.23. The molecule has 1 heterocycles. The zero-order valence-corrected chi connectivity index (χ0v) is 16.3. The number of carbonyl (C=O) groups excluding carboxylic acids is 1. The molecular weight excluding hydrogens is 302 g/mol. The van der Waals surface area contributed by atoms with E-state index in [2.05, 4.69) is 26.1 Å². The molecule has 5 heteroatoms. The molecule has 5 nitrogen and oxygen atoms in total. The van der Waals surface area contributed by atoms with Gasteiger partial charge < -0.3 is 20.2 Å². The van der Waals surface area contributed by atoms with Gasteiger partial charge in [0, 0.05) is 39.8 Å². The van der Waals surface area contributed by atoms with Crippen LogP contribution in [0.4, 0.5) is 4.79 Å². The van der Waals surface area contributed by atoms with E-state index in [9.17, 15) is 9.90 Å². The maximum absolute atomic E-state index is 12.0. The average Bonchev–Trinajstić information content (AvgIpc) is 2.52. The molecule has 0 aromatic heterocycles. The van der Waals surface area contributed by atoms with Crippen molar-refractivity contribution < 1.29 is 9.90 Å². The third-order valence-corrected chi connectivity index (χ3v) is 6.01. The van der Waals surface area contributed by atoms with Gasteiger partial charge in [0.1, 0.15) is 0 Å². The molecule has 0 bridgehead atoms. The standard InChI is InChI=1S/C19H37N3O2/c1-18(2,3)15-6-10-19(24,11-7-15)14-20-16-8-12-22(13-9-16)17(23)21(4)5/h15-16,20,24H,6-14H2,1-5H3. The maximum Gasteiger partial charge on any atom is 0.319 e. The van der Waals surface area contributed by atoms with Crippen molar-refractivity contribution in [2.45, 2.75) is 70.9 Å². The summed E-state index contributed by atoms with van der Waals surface area (Å²) in [6.07, 6.45) is 6.00. The topological polar surface area (TPSA) is 55.8 Å². The van der Waals surface area contributed by atoms with E-state index < -0.39 is 5.60 Å². The lowest BCUT2D eigenvalue weighted by Gasteiger charge is -2.42. The average molecular weight is 340 g/mol. The number of hydrogen-bond donors (Lipinski definition) is 2. The molecule has 24 heavy (non-hydrogen) atoms. The van der Waals surface area contributed by atoms with E-state index in [1.807, 2.05) is 4.90 Å². The van der Waals surface area contributed by atoms with Gasteiger partial charge in [0.25, 0.3) is 0 Å². The van der Waals surface area contributed by atoms with E-state index in [1.54, 1.807) is 19.0 Å². The number of aliphatic hydroxyl groups is 1. The summed E-state index contributed by atoms with van der Waals surface area (Å²) in [5, 5.41) is 14.4. The summed E-state index contributed by atoms with van der Waals surface area (Å²) in [4.78, 5) is 15.5. The predicted molar refractivity (Wildman–Crippen MR) is 98.0 cm³/mol. The fraction of sp³-hybridized carbons (Fsp3) is 0.947. The summed E-state index contributed by atoms with van der Waals surface area (Å²) in [5.74, 6) is 0.720. The van der Waals surface area contributed by atoms with Crippen molar-refractivity contribution in [1.29, 1.82) is 0 Å². The Bertz CT molecular complexity index is 415. The summed E-state index contributed by atoms with van der Waals surface area (Å²) < 4.78 is 0. The van der Waals surface area contributed by atoms with Crippen LogP contribution in [0.2, 0.25) is 0 Å². The van der Waals surface area contributed by atoms with E-state index in [4.69, 9.17) is 0 Å². The highest BCUT2D eigenvalue weighted by Gasteiger charge is 2.37. The molecule has 1 aliphatic heterocycles. The Labute approximate surface area is 147 Å². The van der Waals surface area contributed by atoms with Crippen molar-refractivity contribution in [3.8, 4) is 0 Å². The second kappa shape index (κ2) is 7.61. The summed E-state index contributed by atoms with van der Waals surface area (Å²) in [7, 11) is 3.60. The molecule has 0 spiro atoms. The minimum Gasteiger partial charge on any atom is -0.389 e. The highest BCUT2D eigenvalue weighted by atomic mass is 16.3. The van der Waals surface area contributed by atoms with Crippen LogP contribution in [-0.2, 0) is 0 Å². The van der Waals surface area contributed by atoms with Crippen LogP contribution in [0.15, 0.2) is 0 Å². The van der Waals surface area contributed by atoms with Crippen LogP contribution < -0.4 is 5.32 Å². The van der Waals surface area contributed by atoms with Gasteiger partial charge in [-0.05, 0) is 49.9 Å². The molecule has 2 aliphatic rings. The molecule has 1 aliphatic carbocycles. The Balaban J connectivity index is 1.72. The summed E-state index contributed by atoms with van der Waals surface area (Å²) >= 11 is 0. The third kappa shape index (κ3) is 5.09. The molecule has 0 radical (unpaired) electrons. The smallest absolute Gasteiger partial charge is 0.319 e. The Morgan fingerprint density at radius 1 is 1.17 bits per heavy atom. The van der Waals surface area contributed by atoms with Crippen molar-refractivity contribution in [2.75, 3.05) is 33.7 Å². The van der Waals surface area contributed by atoms with E-state index in [0.717, 1.165) is 57.5 Å². The first-order valence-electron chi connectivity index (χ1n) is 9.53. The molecule has 0 aromatic rings. The summed E-state index contributed by atoms with van der Waals surface area (Å²) in [5.41, 5.74) is -0.196. The lowest BCUT2D eigenvalue weighted by molar-refractivity contribution is -0.0265. The first-order valence-corrected chi connectivity index (χ1v) is 9.53. The van der Waals surface area contributed by atoms with Crippen LogP contribution in [0.5, 0.6) is 0 Å². The number of carbonyl (C=O) groups is 1. The van der Waals surface area contributed by atoms with Crippen molar-refractivity contribution in [3.63, 3.8) is 0 Å². The molecular formula is C19H37N3O2. The van der Waals surface area contributed by atoms with E-state index in [-0.39, 0.29) is 6.03 Å². The largest absolute Gasteiger partial charge is 0.389 e. The molecule has 140 valence electrons. The third-order valence-electron chi connectivity index (χ3n) is 6.01. The number of amides is 2. The molecule has 1 saturated heterocycles. The molecule has 2 fully saturated rings. The fourth-order valence-electron chi connectivity index (χ4n) is 4.09. The lowest BCUT2D eigenvalue weighted by Crippen LogP contribution is -2.52. The number of nitrogens with one attached hydrogen (secondary N) is 1. The second-order valence-corrected chi connectivity index (χ2v) is 9.18. The van der Waals surface area contributed by atoms with Gasteiger partial charge in [0.15, 0.2) is 0 Å². The first kappa shape index (κ1) is 19.5. The van der Waals surface area contributed by atoms with Gasteiger partial charge in [-0.15, -0.1) is 0 Å². The van der Waals surface area contributed by atoms with Crippen molar-refractivity contribution in [2.24, 2.45) is 11.3 Å². The molecule has 2 rings (SSSR count). The number of rotatable bonds is 3. The van der Waals surface area contributed by atoms with Gasteiger partial charge in [0.05, 0.1) is 5.60 Å². The lowest BCUT2D eigenvalue weighted by atomic mass is 9.68. The van der Waals surface area contributed by atoms with Gasteiger partial charge >= 0.3 is 6.03 Å². The van der Waals surface area contributed by atoms with Gasteiger partial charge in [-0.1, -0.05) is 20.8 Å². The van der Waals surface area contributed by atoms with Crippen molar-refractivity contribution in [1.82, 2.24) is 15.1 Å². The zero-order valence-electron chi connectivity index (χ0n) is 16.3. The SMILES string of the molecule is CN(C)C(=O)N1CCC(NCC2(O)CCC(C(C)(C)C)CC2)CC1. The molecule has 0 unspecified atom stereocenters. The monoisotopic (exact) mass is 339 g/mol. The number of urea groups is 1. The van der Waals surface area contributed by atoms with Gasteiger partial charge in [-0.2, -0.15) is 0 Å². The molecule has 1 saturated carbocycles. The normalized spacial score (nSPS) is 29.6. The van der Waals surface area contributed by atoms with Crippen LogP contribution in [0.3, 0.4) is 0 Å². The van der Waals surface area contributed by atoms with Gasteiger partial charge in [0.2, 0.25) is 0 Å². The van der Waals surface area contributed by atoms with Crippen molar-refractivity contribution in [3.05, 3.63) is 0 Å². The van der Waals surface area contributed by atoms with E-state index >= 15 is 0 Å². The minimum atomic E-state index is -0.543. The molecule has 2 amide bonds. The molecule has 2 N–H and O–H groups in total. The number of likely N-dealkylation sites (tertiary alicyclic amines) is 1. The summed E-state index contributed by atoms with van der Waals surface area (Å²) in [6, 6.07) is 0.521. The van der Waals surface area contributed by atoms with Crippen LogP contribution >= 0.6 is 0 Å². The predicted octanol–water partition coefficient (Wildman–Crippen LogP) is 2.69. The highest BCUT2D eigenvalue weighted by Crippen LogP contribution is 2.41. The first-order chi connectivity index (χ1) is 11.1. The van der Waals surface area contributed by atoms with Crippen LogP contribution in [-0.4, -0.2) is 66.3 Å². The van der Waals surface area contributed by atoms with E-state index in [0.29, 0.717) is 18.0 Å². The quantitative estimate of drug-likeness (QED) is 0.831. The number of nitrogens with zero attached hydrogens (tertiary/aromatic N) is 2. The Kier molecular flexibility index (Phi) is 6.19. The maximum atomic E-state index is 12.0. The van der Waals surface area contributed by atoms with Crippen LogP contribution in [0.1, 0.15) is 59.3 Å².